The topological polar surface area (TPSA) is 74.1 Å². The van der Waals surface area contributed by atoms with Gasteiger partial charge in [-0.05, 0) is 44.2 Å². The van der Waals surface area contributed by atoms with Crippen molar-refractivity contribution in [2.24, 2.45) is 0 Å². The van der Waals surface area contributed by atoms with Crippen molar-refractivity contribution in [3.05, 3.63) is 70.6 Å². The molecule has 158 valence electrons. The van der Waals surface area contributed by atoms with Crippen molar-refractivity contribution in [2.75, 3.05) is 19.5 Å². The van der Waals surface area contributed by atoms with E-state index in [2.05, 4.69) is 36.2 Å². The predicted molar refractivity (Wildman–Crippen MR) is 125 cm³/mol. The molecule has 0 saturated heterocycles. The molecule has 4 rings (SSSR count). The number of hydrogen-bond donors (Lipinski definition) is 1. The van der Waals surface area contributed by atoms with Crippen LogP contribution in [0.4, 0.5) is 11.9 Å². The number of aromatic nitrogens is 4. The van der Waals surface area contributed by atoms with Gasteiger partial charge in [0.2, 0.25) is 11.9 Å². The number of nitrogens with one attached hydrogen (secondary N) is 1. The van der Waals surface area contributed by atoms with E-state index in [1.54, 1.807) is 14.2 Å². The fraction of sp³-hybridized carbons (Fsp3) is 0.174. The molecule has 0 atom stereocenters. The van der Waals surface area contributed by atoms with Gasteiger partial charge >= 0.3 is 0 Å². The standard InChI is InChI=1S/C23H22BrN5O2/c1-14-11-15(2)27-22(26-14)28-23-25-13-20(16-5-7-17(24)8-6-16)29(23)19-12-18(30-3)9-10-21(19)31-4/h5-13H,1-4H3,(H,25,26,27,28). The van der Waals surface area contributed by atoms with E-state index < -0.39 is 0 Å². The molecule has 2 heterocycles. The van der Waals surface area contributed by atoms with Crippen molar-refractivity contribution >= 4 is 27.8 Å². The molecule has 0 aliphatic rings. The van der Waals surface area contributed by atoms with Crippen LogP contribution in [0.1, 0.15) is 11.4 Å². The highest BCUT2D eigenvalue weighted by Gasteiger charge is 2.19. The number of rotatable bonds is 6. The van der Waals surface area contributed by atoms with E-state index in [9.17, 15) is 0 Å². The van der Waals surface area contributed by atoms with Gasteiger partial charge in [0, 0.05) is 27.5 Å². The second-order valence-electron chi connectivity index (χ2n) is 6.95. The molecule has 8 heteroatoms. The molecule has 0 saturated carbocycles. The first kappa shape index (κ1) is 20.9. The SMILES string of the molecule is COc1ccc(OC)c(-n2c(-c3ccc(Br)cc3)cnc2Nc2nc(C)cc(C)n2)c1. The Bertz CT molecular complexity index is 1200. The van der Waals surface area contributed by atoms with Gasteiger partial charge in [0.25, 0.3) is 0 Å². The molecule has 0 unspecified atom stereocenters. The van der Waals surface area contributed by atoms with Gasteiger partial charge in [-0.2, -0.15) is 0 Å². The summed E-state index contributed by atoms with van der Waals surface area (Å²) < 4.78 is 14.1. The quantitative estimate of drug-likeness (QED) is 0.395. The van der Waals surface area contributed by atoms with Gasteiger partial charge in [-0.25, -0.2) is 15.0 Å². The Morgan fingerprint density at radius 3 is 2.26 bits per heavy atom. The average Bonchev–Trinajstić information content (AvgIpc) is 3.16. The predicted octanol–water partition coefficient (Wildman–Crippen LogP) is 5.47. The van der Waals surface area contributed by atoms with E-state index >= 15 is 0 Å². The van der Waals surface area contributed by atoms with Gasteiger partial charge in [-0.15, -0.1) is 0 Å². The maximum Gasteiger partial charge on any atom is 0.229 e. The van der Waals surface area contributed by atoms with Crippen LogP contribution in [0.25, 0.3) is 16.9 Å². The number of nitrogens with zero attached hydrogens (tertiary/aromatic N) is 4. The normalized spacial score (nSPS) is 10.7. The van der Waals surface area contributed by atoms with Crippen molar-refractivity contribution in [3.63, 3.8) is 0 Å². The molecule has 0 amide bonds. The van der Waals surface area contributed by atoms with Crippen molar-refractivity contribution in [2.45, 2.75) is 13.8 Å². The van der Waals surface area contributed by atoms with Crippen LogP contribution >= 0.6 is 15.9 Å². The summed E-state index contributed by atoms with van der Waals surface area (Å²) in [6.45, 7) is 3.87. The molecule has 31 heavy (non-hydrogen) atoms. The highest BCUT2D eigenvalue weighted by atomic mass is 79.9. The van der Waals surface area contributed by atoms with Crippen LogP contribution < -0.4 is 14.8 Å². The van der Waals surface area contributed by atoms with Crippen molar-refractivity contribution < 1.29 is 9.47 Å². The number of anilines is 2. The van der Waals surface area contributed by atoms with Gasteiger partial charge in [0.05, 0.1) is 31.8 Å². The largest absolute Gasteiger partial charge is 0.497 e. The first-order chi connectivity index (χ1) is 15.0. The molecule has 0 aliphatic carbocycles. The van der Waals surface area contributed by atoms with E-state index in [1.165, 1.54) is 0 Å². The number of aryl methyl sites for hydroxylation is 2. The molecule has 4 aromatic rings. The Morgan fingerprint density at radius 2 is 1.61 bits per heavy atom. The van der Waals surface area contributed by atoms with Crippen LogP contribution in [0, 0.1) is 13.8 Å². The lowest BCUT2D eigenvalue weighted by Gasteiger charge is -2.17. The molecule has 0 radical (unpaired) electrons. The first-order valence-corrected chi connectivity index (χ1v) is 10.4. The van der Waals surface area contributed by atoms with E-state index in [0.29, 0.717) is 23.4 Å². The van der Waals surface area contributed by atoms with E-state index in [4.69, 9.17) is 9.47 Å². The summed E-state index contributed by atoms with van der Waals surface area (Å²) >= 11 is 3.50. The Morgan fingerprint density at radius 1 is 0.903 bits per heavy atom. The van der Waals surface area contributed by atoms with Crippen LogP contribution in [-0.2, 0) is 0 Å². The summed E-state index contributed by atoms with van der Waals surface area (Å²) in [6, 6.07) is 15.6. The summed E-state index contributed by atoms with van der Waals surface area (Å²) in [7, 11) is 3.28. The van der Waals surface area contributed by atoms with Gasteiger partial charge in [-0.1, -0.05) is 28.1 Å². The molecule has 7 nitrogen and oxygen atoms in total. The van der Waals surface area contributed by atoms with Crippen LogP contribution in [0.3, 0.4) is 0 Å². The maximum atomic E-state index is 5.65. The summed E-state index contributed by atoms with van der Waals surface area (Å²) in [5, 5.41) is 3.27. The minimum Gasteiger partial charge on any atom is -0.497 e. The Labute approximate surface area is 189 Å². The Hall–Kier alpha value is -3.39. The highest BCUT2D eigenvalue weighted by Crippen LogP contribution is 2.35. The maximum absolute atomic E-state index is 5.65. The Balaban J connectivity index is 1.92. The molecular formula is C23H22BrN5O2. The van der Waals surface area contributed by atoms with E-state index in [0.717, 1.165) is 32.8 Å². The number of hydrogen-bond acceptors (Lipinski definition) is 6. The number of imidazole rings is 1. The number of ether oxygens (including phenoxy) is 2. The summed E-state index contributed by atoms with van der Waals surface area (Å²) in [5.74, 6) is 2.43. The lowest BCUT2D eigenvalue weighted by molar-refractivity contribution is 0.401. The summed E-state index contributed by atoms with van der Waals surface area (Å²) in [4.78, 5) is 13.6. The minimum absolute atomic E-state index is 0.480. The molecule has 0 bridgehead atoms. The zero-order valence-corrected chi connectivity index (χ0v) is 19.3. The van der Waals surface area contributed by atoms with Gasteiger partial charge < -0.3 is 9.47 Å². The molecular weight excluding hydrogens is 458 g/mol. The second kappa shape index (κ2) is 8.77. The fourth-order valence-corrected chi connectivity index (χ4v) is 3.63. The average molecular weight is 480 g/mol. The molecule has 2 aromatic heterocycles. The van der Waals surface area contributed by atoms with Crippen molar-refractivity contribution in [1.82, 2.24) is 19.5 Å². The molecule has 1 N–H and O–H groups in total. The fourth-order valence-electron chi connectivity index (χ4n) is 3.36. The lowest BCUT2D eigenvalue weighted by atomic mass is 10.1. The van der Waals surface area contributed by atoms with Gasteiger partial charge in [-0.3, -0.25) is 9.88 Å². The molecule has 0 aliphatic heterocycles. The number of halogens is 1. The second-order valence-corrected chi connectivity index (χ2v) is 7.86. The summed E-state index contributed by atoms with van der Waals surface area (Å²) in [6.07, 6.45) is 1.81. The third kappa shape index (κ3) is 4.39. The zero-order chi connectivity index (χ0) is 22.0. The molecule has 2 aromatic carbocycles. The molecule has 0 spiro atoms. The van der Waals surface area contributed by atoms with Crippen molar-refractivity contribution in [1.29, 1.82) is 0 Å². The smallest absolute Gasteiger partial charge is 0.229 e. The zero-order valence-electron chi connectivity index (χ0n) is 17.7. The number of benzene rings is 2. The minimum atomic E-state index is 0.480. The van der Waals surface area contributed by atoms with Gasteiger partial charge in [0.15, 0.2) is 0 Å². The Kier molecular flexibility index (Phi) is 5.90. The third-order valence-electron chi connectivity index (χ3n) is 4.73. The lowest BCUT2D eigenvalue weighted by Crippen LogP contribution is -2.08. The highest BCUT2D eigenvalue weighted by molar-refractivity contribution is 9.10. The number of methoxy groups -OCH3 is 2. The molecule has 0 fully saturated rings. The third-order valence-corrected chi connectivity index (χ3v) is 5.26. The van der Waals surface area contributed by atoms with Crippen LogP contribution in [0.5, 0.6) is 11.5 Å². The monoisotopic (exact) mass is 479 g/mol. The van der Waals surface area contributed by atoms with E-state index in [1.807, 2.05) is 73.1 Å². The van der Waals surface area contributed by atoms with E-state index in [-0.39, 0.29) is 0 Å². The van der Waals surface area contributed by atoms with Crippen LogP contribution in [0.2, 0.25) is 0 Å². The van der Waals surface area contributed by atoms with Gasteiger partial charge in [0.1, 0.15) is 11.5 Å². The van der Waals surface area contributed by atoms with Crippen LogP contribution in [-0.4, -0.2) is 33.7 Å². The van der Waals surface area contributed by atoms with Crippen LogP contribution in [0.15, 0.2) is 59.2 Å². The van der Waals surface area contributed by atoms with Crippen molar-refractivity contribution in [3.8, 4) is 28.4 Å². The summed E-state index contributed by atoms with van der Waals surface area (Å²) in [5.41, 5.74) is 4.41. The first-order valence-electron chi connectivity index (χ1n) is 9.64.